The fraction of sp³-hybridized carbons (Fsp3) is 0.917. The Bertz CT molecular complexity index is 162. The largest absolute Gasteiger partial charge is 0.330 e. The maximum Gasteiger partial charge on any atom is 0.135 e. The molecule has 82 valence electrons. The van der Waals surface area contributed by atoms with E-state index in [2.05, 4.69) is 0 Å². The number of hydrogen-bond acceptors (Lipinski definition) is 2. The molecule has 1 fully saturated rings. The van der Waals surface area contributed by atoms with Crippen LogP contribution in [0, 0.1) is 5.92 Å². The third-order valence-corrected chi connectivity index (χ3v) is 3.19. The molecule has 0 amide bonds. The molecule has 1 aliphatic carbocycles. The van der Waals surface area contributed by atoms with Gasteiger partial charge >= 0.3 is 0 Å². The third-order valence-electron chi connectivity index (χ3n) is 3.19. The predicted octanol–water partition coefficient (Wildman–Crippen LogP) is 2.65. The van der Waals surface area contributed by atoms with E-state index >= 15 is 0 Å². The van der Waals surface area contributed by atoms with Crippen molar-refractivity contribution in [1.29, 1.82) is 0 Å². The summed E-state index contributed by atoms with van der Waals surface area (Å²) in [6, 6.07) is 0. The Kier molecular flexibility index (Phi) is 5.85. The number of Topliss-reactive ketones (excluding diaryl/α,β-unsaturated/α-hetero) is 1. The minimum absolute atomic E-state index is 0.421. The van der Waals surface area contributed by atoms with Crippen molar-refractivity contribution in [2.75, 3.05) is 6.54 Å². The zero-order valence-corrected chi connectivity index (χ0v) is 9.13. The third kappa shape index (κ3) is 4.23. The lowest BCUT2D eigenvalue weighted by Gasteiger charge is -2.06. The molecule has 0 heterocycles. The average Bonchev–Trinajstić information content (AvgIpc) is 2.70. The normalized spacial score (nSPS) is 17.5. The molecule has 0 aromatic carbocycles. The maximum absolute atomic E-state index is 11.7. The highest BCUT2D eigenvalue weighted by molar-refractivity contribution is 5.81. The maximum atomic E-state index is 11.7. The van der Waals surface area contributed by atoms with Gasteiger partial charge in [-0.3, -0.25) is 4.79 Å². The molecule has 0 aromatic rings. The average molecular weight is 197 g/mol. The molecule has 1 saturated carbocycles. The van der Waals surface area contributed by atoms with Gasteiger partial charge in [-0.1, -0.05) is 25.7 Å². The van der Waals surface area contributed by atoms with Crippen LogP contribution in [0.15, 0.2) is 0 Å². The SMILES string of the molecule is NCCCCCCC(=O)C1CCCC1. The highest BCUT2D eigenvalue weighted by Crippen LogP contribution is 2.26. The van der Waals surface area contributed by atoms with Crippen LogP contribution in [0.2, 0.25) is 0 Å². The quantitative estimate of drug-likeness (QED) is 0.638. The molecule has 1 aliphatic rings. The first kappa shape index (κ1) is 11.7. The summed E-state index contributed by atoms with van der Waals surface area (Å²) in [5.74, 6) is 0.944. The van der Waals surface area contributed by atoms with E-state index in [1.807, 2.05) is 0 Å². The summed E-state index contributed by atoms with van der Waals surface area (Å²) in [5.41, 5.74) is 5.40. The second-order valence-electron chi connectivity index (χ2n) is 4.40. The number of rotatable bonds is 7. The number of hydrogen-bond donors (Lipinski definition) is 1. The van der Waals surface area contributed by atoms with Crippen LogP contribution in [0.3, 0.4) is 0 Å². The van der Waals surface area contributed by atoms with Gasteiger partial charge in [-0.2, -0.15) is 0 Å². The van der Waals surface area contributed by atoms with E-state index in [1.54, 1.807) is 0 Å². The molecule has 0 aliphatic heterocycles. The number of ketones is 1. The van der Waals surface area contributed by atoms with Gasteiger partial charge < -0.3 is 5.73 Å². The van der Waals surface area contributed by atoms with Gasteiger partial charge in [0.25, 0.3) is 0 Å². The van der Waals surface area contributed by atoms with Crippen LogP contribution in [0.25, 0.3) is 0 Å². The molecule has 2 nitrogen and oxygen atoms in total. The minimum atomic E-state index is 0.421. The van der Waals surface area contributed by atoms with Gasteiger partial charge in [0.1, 0.15) is 5.78 Å². The van der Waals surface area contributed by atoms with Crippen LogP contribution in [0.4, 0.5) is 0 Å². The topological polar surface area (TPSA) is 43.1 Å². The van der Waals surface area contributed by atoms with E-state index in [9.17, 15) is 4.79 Å². The Balaban J connectivity index is 1.97. The molecule has 0 saturated heterocycles. The Morgan fingerprint density at radius 3 is 2.36 bits per heavy atom. The van der Waals surface area contributed by atoms with E-state index in [4.69, 9.17) is 5.73 Å². The first-order valence-corrected chi connectivity index (χ1v) is 6.07. The Labute approximate surface area is 87.2 Å². The number of nitrogens with two attached hydrogens (primary N) is 1. The van der Waals surface area contributed by atoms with Gasteiger partial charge in [-0.25, -0.2) is 0 Å². The monoisotopic (exact) mass is 197 g/mol. The smallest absolute Gasteiger partial charge is 0.135 e. The standard InChI is InChI=1S/C12H23NO/c13-10-6-2-1-3-9-12(14)11-7-4-5-8-11/h11H,1-10,13H2. The van der Waals surface area contributed by atoms with E-state index in [0.29, 0.717) is 11.7 Å². The predicted molar refractivity (Wildman–Crippen MR) is 59.1 cm³/mol. The highest BCUT2D eigenvalue weighted by Gasteiger charge is 2.21. The van der Waals surface area contributed by atoms with Crippen molar-refractivity contribution in [2.24, 2.45) is 11.7 Å². The molecule has 2 N–H and O–H groups in total. The molecule has 14 heavy (non-hydrogen) atoms. The molecular weight excluding hydrogens is 174 g/mol. The highest BCUT2D eigenvalue weighted by atomic mass is 16.1. The zero-order chi connectivity index (χ0) is 10.2. The summed E-state index contributed by atoms with van der Waals surface area (Å²) in [7, 11) is 0. The lowest BCUT2D eigenvalue weighted by atomic mass is 9.97. The molecule has 0 unspecified atom stereocenters. The van der Waals surface area contributed by atoms with Gasteiger partial charge in [0.2, 0.25) is 0 Å². The van der Waals surface area contributed by atoms with E-state index in [-0.39, 0.29) is 0 Å². The lowest BCUT2D eigenvalue weighted by Crippen LogP contribution is -2.10. The van der Waals surface area contributed by atoms with Crippen LogP contribution >= 0.6 is 0 Å². The summed E-state index contributed by atoms with van der Waals surface area (Å²) in [6.45, 7) is 0.788. The van der Waals surface area contributed by atoms with Crippen molar-refractivity contribution in [3.63, 3.8) is 0 Å². The van der Waals surface area contributed by atoms with Crippen molar-refractivity contribution < 1.29 is 4.79 Å². The second kappa shape index (κ2) is 6.99. The van der Waals surface area contributed by atoms with E-state index in [0.717, 1.165) is 38.6 Å². The van der Waals surface area contributed by atoms with E-state index in [1.165, 1.54) is 25.7 Å². The summed E-state index contributed by atoms with van der Waals surface area (Å²) in [4.78, 5) is 11.7. The summed E-state index contributed by atoms with van der Waals surface area (Å²) in [5, 5.41) is 0. The molecule has 0 atom stereocenters. The van der Waals surface area contributed by atoms with Gasteiger partial charge in [-0.05, 0) is 32.2 Å². The number of unbranched alkanes of at least 4 members (excludes halogenated alkanes) is 3. The molecule has 0 aromatic heterocycles. The van der Waals surface area contributed by atoms with Crippen LogP contribution < -0.4 is 5.73 Å². The molecule has 2 heteroatoms. The summed E-state index contributed by atoms with van der Waals surface area (Å²) in [6.07, 6.45) is 10.2. The van der Waals surface area contributed by atoms with E-state index < -0.39 is 0 Å². The van der Waals surface area contributed by atoms with Gasteiger partial charge in [0.15, 0.2) is 0 Å². The summed E-state index contributed by atoms with van der Waals surface area (Å²) < 4.78 is 0. The van der Waals surface area contributed by atoms with Gasteiger partial charge in [-0.15, -0.1) is 0 Å². The van der Waals surface area contributed by atoms with Crippen LogP contribution in [0.5, 0.6) is 0 Å². The molecular formula is C12H23NO. The summed E-state index contributed by atoms with van der Waals surface area (Å²) >= 11 is 0. The van der Waals surface area contributed by atoms with Gasteiger partial charge in [0, 0.05) is 12.3 Å². The van der Waals surface area contributed by atoms with Gasteiger partial charge in [0.05, 0.1) is 0 Å². The Hall–Kier alpha value is -0.370. The minimum Gasteiger partial charge on any atom is -0.330 e. The van der Waals surface area contributed by atoms with Crippen molar-refractivity contribution in [2.45, 2.75) is 57.8 Å². The van der Waals surface area contributed by atoms with Crippen molar-refractivity contribution in [3.8, 4) is 0 Å². The lowest BCUT2D eigenvalue weighted by molar-refractivity contribution is -0.122. The number of carbonyl (C=O) groups excluding carboxylic acids is 1. The first-order valence-electron chi connectivity index (χ1n) is 6.07. The Morgan fingerprint density at radius 2 is 1.71 bits per heavy atom. The molecule has 0 spiro atoms. The van der Waals surface area contributed by atoms with Crippen molar-refractivity contribution >= 4 is 5.78 Å². The molecule has 1 rings (SSSR count). The first-order chi connectivity index (χ1) is 6.84. The van der Waals surface area contributed by atoms with Crippen LogP contribution in [-0.4, -0.2) is 12.3 Å². The molecule has 0 bridgehead atoms. The fourth-order valence-electron chi connectivity index (χ4n) is 2.25. The van der Waals surface area contributed by atoms with Crippen molar-refractivity contribution in [3.05, 3.63) is 0 Å². The number of carbonyl (C=O) groups is 1. The van der Waals surface area contributed by atoms with Crippen LogP contribution in [-0.2, 0) is 4.79 Å². The second-order valence-corrected chi connectivity index (χ2v) is 4.40. The Morgan fingerprint density at radius 1 is 1.07 bits per heavy atom. The zero-order valence-electron chi connectivity index (χ0n) is 9.13. The van der Waals surface area contributed by atoms with Crippen molar-refractivity contribution in [1.82, 2.24) is 0 Å². The van der Waals surface area contributed by atoms with Crippen LogP contribution in [0.1, 0.15) is 57.8 Å². The molecule has 0 radical (unpaired) electrons. The fourth-order valence-corrected chi connectivity index (χ4v) is 2.25.